The smallest absolute Gasteiger partial charge is 0.236 e. The zero-order valence-electron chi connectivity index (χ0n) is 16.3. The summed E-state index contributed by atoms with van der Waals surface area (Å²) in [7, 11) is 2.01. The Bertz CT molecular complexity index is 530. The van der Waals surface area contributed by atoms with Crippen LogP contribution in [-0.4, -0.2) is 80.0 Å². The summed E-state index contributed by atoms with van der Waals surface area (Å²) in [6.45, 7) is 8.63. The van der Waals surface area contributed by atoms with Gasteiger partial charge in [0.1, 0.15) is 0 Å². The predicted molar refractivity (Wildman–Crippen MR) is 116 cm³/mol. The number of likely N-dealkylation sites (tertiary alicyclic amines) is 1. The molecule has 2 aliphatic heterocycles. The average Bonchev–Trinajstić information content (AvgIpc) is 2.65. The van der Waals surface area contributed by atoms with Gasteiger partial charge in [0.2, 0.25) is 5.91 Å². The van der Waals surface area contributed by atoms with Gasteiger partial charge in [0.15, 0.2) is 0 Å². The number of carbonyl (C=O) groups excluding carboxylic acids is 1. The maximum absolute atomic E-state index is 12.6. The SMILES string of the molecule is CNCC1CCN(C(=O)CN2CCN(Cc3ccccc3)CC2)CC1.Cl.Cl. The molecule has 0 saturated carbocycles. The van der Waals surface area contributed by atoms with Gasteiger partial charge in [-0.25, -0.2) is 0 Å². The van der Waals surface area contributed by atoms with E-state index < -0.39 is 0 Å². The molecule has 7 heteroatoms. The summed E-state index contributed by atoms with van der Waals surface area (Å²) in [6.07, 6.45) is 2.27. The third-order valence-electron chi connectivity index (χ3n) is 5.53. The second-order valence-corrected chi connectivity index (χ2v) is 7.42. The van der Waals surface area contributed by atoms with Gasteiger partial charge in [0.25, 0.3) is 0 Å². The van der Waals surface area contributed by atoms with Crippen molar-refractivity contribution < 1.29 is 4.79 Å². The molecule has 2 fully saturated rings. The molecular weight excluding hydrogens is 383 g/mol. The van der Waals surface area contributed by atoms with Crippen LogP contribution in [0.1, 0.15) is 18.4 Å². The minimum Gasteiger partial charge on any atom is -0.342 e. The number of nitrogens with zero attached hydrogens (tertiary/aromatic N) is 3. The average molecular weight is 417 g/mol. The number of nitrogens with one attached hydrogen (secondary N) is 1. The lowest BCUT2D eigenvalue weighted by Gasteiger charge is -2.37. The largest absolute Gasteiger partial charge is 0.342 e. The van der Waals surface area contributed by atoms with Gasteiger partial charge >= 0.3 is 0 Å². The van der Waals surface area contributed by atoms with Gasteiger partial charge in [0, 0.05) is 45.8 Å². The molecule has 0 radical (unpaired) electrons. The van der Waals surface area contributed by atoms with Crippen LogP contribution in [0.15, 0.2) is 30.3 Å². The van der Waals surface area contributed by atoms with E-state index in [1.807, 2.05) is 7.05 Å². The summed E-state index contributed by atoms with van der Waals surface area (Å²) in [5.74, 6) is 1.05. The molecule has 154 valence electrons. The van der Waals surface area contributed by atoms with Crippen LogP contribution in [0.2, 0.25) is 0 Å². The second kappa shape index (κ2) is 12.6. The van der Waals surface area contributed by atoms with E-state index in [2.05, 4.69) is 50.3 Å². The van der Waals surface area contributed by atoms with E-state index in [-0.39, 0.29) is 24.8 Å². The van der Waals surface area contributed by atoms with Crippen molar-refractivity contribution >= 4 is 30.7 Å². The lowest BCUT2D eigenvalue weighted by molar-refractivity contribution is -0.134. The maximum atomic E-state index is 12.6. The van der Waals surface area contributed by atoms with Crippen molar-refractivity contribution in [3.8, 4) is 0 Å². The summed E-state index contributed by atoms with van der Waals surface area (Å²) in [5, 5.41) is 3.25. The number of hydrogen-bond acceptors (Lipinski definition) is 4. The Balaban J connectivity index is 0.00000182. The van der Waals surface area contributed by atoms with Crippen molar-refractivity contribution in [3.63, 3.8) is 0 Å². The number of benzene rings is 1. The van der Waals surface area contributed by atoms with Crippen molar-refractivity contribution in [2.24, 2.45) is 5.92 Å². The first-order chi connectivity index (χ1) is 12.2. The molecule has 0 unspecified atom stereocenters. The molecule has 2 heterocycles. The van der Waals surface area contributed by atoms with Gasteiger partial charge in [-0.1, -0.05) is 30.3 Å². The fourth-order valence-electron chi connectivity index (χ4n) is 3.91. The zero-order valence-corrected chi connectivity index (χ0v) is 17.9. The minimum absolute atomic E-state index is 0. The number of piperazine rings is 1. The van der Waals surface area contributed by atoms with Crippen LogP contribution in [0.4, 0.5) is 0 Å². The molecule has 0 atom stereocenters. The van der Waals surface area contributed by atoms with Gasteiger partial charge < -0.3 is 10.2 Å². The van der Waals surface area contributed by atoms with Crippen molar-refractivity contribution in [2.45, 2.75) is 19.4 Å². The van der Waals surface area contributed by atoms with Crippen molar-refractivity contribution in [1.29, 1.82) is 0 Å². The summed E-state index contributed by atoms with van der Waals surface area (Å²) in [4.78, 5) is 19.4. The molecule has 3 rings (SSSR count). The third-order valence-corrected chi connectivity index (χ3v) is 5.53. The van der Waals surface area contributed by atoms with Gasteiger partial charge in [0.05, 0.1) is 6.54 Å². The van der Waals surface area contributed by atoms with Crippen LogP contribution in [0.25, 0.3) is 0 Å². The van der Waals surface area contributed by atoms with E-state index in [1.165, 1.54) is 5.56 Å². The highest BCUT2D eigenvalue weighted by Crippen LogP contribution is 2.17. The Kier molecular flexibility index (Phi) is 11.3. The molecule has 1 amide bonds. The number of halogens is 2. The van der Waals surface area contributed by atoms with Gasteiger partial charge in [-0.15, -0.1) is 24.8 Å². The number of rotatable bonds is 6. The highest BCUT2D eigenvalue weighted by atomic mass is 35.5. The normalized spacial score (nSPS) is 19.2. The van der Waals surface area contributed by atoms with E-state index >= 15 is 0 Å². The topological polar surface area (TPSA) is 38.8 Å². The summed E-state index contributed by atoms with van der Waals surface area (Å²) in [5.41, 5.74) is 1.37. The Morgan fingerprint density at radius 1 is 0.963 bits per heavy atom. The first-order valence-electron chi connectivity index (χ1n) is 9.65. The first kappa shape index (κ1) is 24.2. The summed E-state index contributed by atoms with van der Waals surface area (Å²) < 4.78 is 0. The van der Waals surface area contributed by atoms with Crippen molar-refractivity contribution in [2.75, 3.05) is 59.4 Å². The zero-order chi connectivity index (χ0) is 17.5. The van der Waals surface area contributed by atoms with E-state index in [0.717, 1.165) is 71.1 Å². The molecular formula is C20H34Cl2N4O. The maximum Gasteiger partial charge on any atom is 0.236 e. The minimum atomic E-state index is 0. The van der Waals surface area contributed by atoms with Gasteiger partial charge in [-0.2, -0.15) is 0 Å². The van der Waals surface area contributed by atoms with E-state index in [1.54, 1.807) is 0 Å². The Morgan fingerprint density at radius 3 is 2.15 bits per heavy atom. The summed E-state index contributed by atoms with van der Waals surface area (Å²) in [6, 6.07) is 10.6. The van der Waals surface area contributed by atoms with E-state index in [4.69, 9.17) is 0 Å². The Labute approximate surface area is 176 Å². The lowest BCUT2D eigenvalue weighted by Crippen LogP contribution is -2.51. The Morgan fingerprint density at radius 2 is 1.56 bits per heavy atom. The number of hydrogen-bond donors (Lipinski definition) is 1. The van der Waals surface area contributed by atoms with Crippen LogP contribution in [-0.2, 0) is 11.3 Å². The quantitative estimate of drug-likeness (QED) is 0.770. The van der Waals surface area contributed by atoms with Crippen LogP contribution in [0, 0.1) is 5.92 Å². The molecule has 2 saturated heterocycles. The molecule has 0 spiro atoms. The number of piperidine rings is 1. The highest BCUT2D eigenvalue weighted by Gasteiger charge is 2.25. The van der Waals surface area contributed by atoms with E-state index in [9.17, 15) is 4.79 Å². The first-order valence-corrected chi connectivity index (χ1v) is 9.65. The fraction of sp³-hybridized carbons (Fsp3) is 0.650. The number of carbonyl (C=O) groups is 1. The molecule has 1 aromatic carbocycles. The molecule has 0 aromatic heterocycles. The molecule has 0 bridgehead atoms. The van der Waals surface area contributed by atoms with Crippen LogP contribution in [0.3, 0.4) is 0 Å². The van der Waals surface area contributed by atoms with Crippen LogP contribution < -0.4 is 5.32 Å². The van der Waals surface area contributed by atoms with Crippen molar-refractivity contribution in [1.82, 2.24) is 20.0 Å². The van der Waals surface area contributed by atoms with Crippen molar-refractivity contribution in [3.05, 3.63) is 35.9 Å². The summed E-state index contributed by atoms with van der Waals surface area (Å²) >= 11 is 0. The van der Waals surface area contributed by atoms with Crippen LogP contribution >= 0.6 is 24.8 Å². The fourth-order valence-corrected chi connectivity index (χ4v) is 3.91. The molecule has 0 aliphatic carbocycles. The predicted octanol–water partition coefficient (Wildman–Crippen LogP) is 2.11. The molecule has 1 aromatic rings. The monoisotopic (exact) mass is 416 g/mol. The molecule has 27 heavy (non-hydrogen) atoms. The van der Waals surface area contributed by atoms with E-state index in [0.29, 0.717) is 12.5 Å². The molecule has 5 nitrogen and oxygen atoms in total. The van der Waals surface area contributed by atoms with Crippen LogP contribution in [0.5, 0.6) is 0 Å². The molecule has 2 aliphatic rings. The Hall–Kier alpha value is -0.850. The highest BCUT2D eigenvalue weighted by molar-refractivity contribution is 5.85. The van der Waals surface area contributed by atoms with Gasteiger partial charge in [-0.05, 0) is 37.9 Å². The lowest BCUT2D eigenvalue weighted by atomic mass is 9.97. The third kappa shape index (κ3) is 7.59. The number of amides is 1. The van der Waals surface area contributed by atoms with Gasteiger partial charge in [-0.3, -0.25) is 14.6 Å². The second-order valence-electron chi connectivity index (χ2n) is 7.42. The standard InChI is InChI=1S/C20H32N4O.2ClH/c1-21-15-18-7-9-24(10-8-18)20(25)17-23-13-11-22(12-14-23)16-19-5-3-2-4-6-19;;/h2-6,18,21H,7-17H2,1H3;2*1H. The molecule has 1 N–H and O–H groups in total.